The summed E-state index contributed by atoms with van der Waals surface area (Å²) in [6.45, 7) is 3.92. The van der Waals surface area contributed by atoms with Crippen LogP contribution in [0.2, 0.25) is 0 Å². The summed E-state index contributed by atoms with van der Waals surface area (Å²) in [4.78, 5) is 37.5. The second-order valence-corrected chi connectivity index (χ2v) is 11.8. The van der Waals surface area contributed by atoms with Crippen molar-refractivity contribution < 1.29 is 24.2 Å². The number of fused-ring (bicyclic) bond motifs is 5. The van der Waals surface area contributed by atoms with Crippen LogP contribution in [0.15, 0.2) is 11.6 Å². The van der Waals surface area contributed by atoms with Gasteiger partial charge in [-0.1, -0.05) is 51.0 Å². The van der Waals surface area contributed by atoms with Crippen molar-refractivity contribution in [2.45, 2.75) is 110 Å². The summed E-state index contributed by atoms with van der Waals surface area (Å²) < 4.78 is 5.98. The largest absolute Gasteiger partial charge is 0.462 e. The molecule has 0 aliphatic heterocycles. The molecule has 4 aliphatic carbocycles. The van der Waals surface area contributed by atoms with Crippen molar-refractivity contribution in [1.82, 2.24) is 0 Å². The van der Waals surface area contributed by atoms with Crippen molar-refractivity contribution in [2.75, 3.05) is 6.61 Å². The molecular formula is C29H44O5. The first-order chi connectivity index (χ1) is 16.3. The molecule has 4 aliphatic rings. The van der Waals surface area contributed by atoms with Gasteiger partial charge in [0.1, 0.15) is 11.9 Å². The van der Waals surface area contributed by atoms with Crippen LogP contribution in [0.25, 0.3) is 0 Å². The molecule has 0 saturated heterocycles. The average molecular weight is 473 g/mol. The Kier molecular flexibility index (Phi) is 8.32. The Labute approximate surface area is 205 Å². The number of ketones is 2. The van der Waals surface area contributed by atoms with E-state index < -0.39 is 0 Å². The number of rotatable bonds is 10. The van der Waals surface area contributed by atoms with E-state index in [1.54, 1.807) is 0 Å². The Balaban J connectivity index is 1.53. The lowest BCUT2D eigenvalue weighted by Crippen LogP contribution is -2.56. The number of ether oxygens (including phenoxy) is 1. The lowest BCUT2D eigenvalue weighted by molar-refractivity contribution is -0.173. The lowest BCUT2D eigenvalue weighted by Gasteiger charge is -2.57. The number of esters is 1. The Morgan fingerprint density at radius 2 is 1.74 bits per heavy atom. The molecule has 0 aromatic carbocycles. The summed E-state index contributed by atoms with van der Waals surface area (Å²) in [5, 5.41) is 8.94. The third kappa shape index (κ3) is 5.20. The summed E-state index contributed by atoms with van der Waals surface area (Å²) in [5.41, 5.74) is 0.911. The average Bonchev–Trinajstić information content (AvgIpc) is 3.08. The second kappa shape index (κ2) is 11.1. The number of hydrogen-bond acceptors (Lipinski definition) is 5. The van der Waals surface area contributed by atoms with E-state index >= 15 is 0 Å². The summed E-state index contributed by atoms with van der Waals surface area (Å²) in [6, 6.07) is 0. The van der Waals surface area contributed by atoms with Gasteiger partial charge in [-0.2, -0.15) is 0 Å². The van der Waals surface area contributed by atoms with Crippen LogP contribution < -0.4 is 0 Å². The van der Waals surface area contributed by atoms with E-state index in [0.29, 0.717) is 55.3 Å². The number of unbranched alkanes of at least 4 members (excludes halogenated alkanes) is 6. The molecule has 3 saturated carbocycles. The highest BCUT2D eigenvalue weighted by molar-refractivity contribution is 5.91. The zero-order chi connectivity index (χ0) is 24.3. The van der Waals surface area contributed by atoms with E-state index in [9.17, 15) is 14.4 Å². The fraction of sp³-hybridized carbons (Fsp3) is 0.828. The number of Topliss-reactive ketones (excluding diaryl/α,β-unsaturated/α-hetero) is 1. The van der Waals surface area contributed by atoms with Crippen LogP contribution in [0.1, 0.15) is 104 Å². The fourth-order valence-corrected chi connectivity index (χ4v) is 8.21. The molecule has 34 heavy (non-hydrogen) atoms. The van der Waals surface area contributed by atoms with Crippen LogP contribution in [0.3, 0.4) is 0 Å². The van der Waals surface area contributed by atoms with E-state index in [-0.39, 0.29) is 29.2 Å². The topological polar surface area (TPSA) is 80.7 Å². The standard InChI is InChI=1S/C29H44O5/c1-19(31)34-25-18-29(2)24(13-14-26(29)33)27-20(10-8-6-4-3-5-7-9-15-30)16-21-17-22(32)11-12-23(21)28(25)27/h17,20,23-25,27-28,30H,3-16,18H2,1-2H3/t20?,23-,24-,25?,27-,28-,29-/m0/s1. The first-order valence-electron chi connectivity index (χ1n) is 13.9. The molecule has 0 radical (unpaired) electrons. The van der Waals surface area contributed by atoms with Crippen LogP contribution in [0.5, 0.6) is 0 Å². The molecule has 0 spiro atoms. The number of hydrogen-bond donors (Lipinski definition) is 1. The molecule has 0 amide bonds. The van der Waals surface area contributed by atoms with Crippen molar-refractivity contribution in [1.29, 1.82) is 0 Å². The molecule has 0 bridgehead atoms. The van der Waals surface area contributed by atoms with Gasteiger partial charge in [0.2, 0.25) is 0 Å². The first kappa shape index (κ1) is 25.6. The molecule has 1 N–H and O–H groups in total. The fourth-order valence-electron chi connectivity index (χ4n) is 8.21. The highest BCUT2D eigenvalue weighted by Gasteiger charge is 2.62. The molecular weight excluding hydrogens is 428 g/mol. The molecule has 0 aromatic heterocycles. The first-order valence-corrected chi connectivity index (χ1v) is 13.9. The predicted octanol–water partition coefficient (Wildman–Crippen LogP) is 5.58. The van der Waals surface area contributed by atoms with E-state index in [1.165, 1.54) is 44.6 Å². The summed E-state index contributed by atoms with van der Waals surface area (Å²) >= 11 is 0. The Morgan fingerprint density at radius 3 is 2.44 bits per heavy atom. The molecule has 4 rings (SSSR count). The van der Waals surface area contributed by atoms with E-state index in [0.717, 1.165) is 38.5 Å². The molecule has 0 heterocycles. The molecule has 0 aromatic rings. The van der Waals surface area contributed by atoms with E-state index in [4.69, 9.17) is 9.84 Å². The number of aliphatic hydroxyl groups is 1. The van der Waals surface area contributed by atoms with Crippen molar-refractivity contribution in [3.63, 3.8) is 0 Å². The maximum Gasteiger partial charge on any atom is 0.302 e. The van der Waals surface area contributed by atoms with Gasteiger partial charge in [-0.3, -0.25) is 14.4 Å². The van der Waals surface area contributed by atoms with Gasteiger partial charge in [-0.05, 0) is 68.3 Å². The van der Waals surface area contributed by atoms with Gasteiger partial charge in [-0.15, -0.1) is 0 Å². The van der Waals surface area contributed by atoms with Crippen LogP contribution in [0, 0.1) is 35.0 Å². The van der Waals surface area contributed by atoms with Gasteiger partial charge in [0.15, 0.2) is 5.78 Å². The van der Waals surface area contributed by atoms with Gasteiger partial charge in [0.25, 0.3) is 0 Å². The van der Waals surface area contributed by atoms with Crippen LogP contribution in [-0.2, 0) is 19.1 Å². The van der Waals surface area contributed by atoms with Gasteiger partial charge in [0, 0.05) is 37.7 Å². The SMILES string of the molecule is CC(=O)OC1C[C@]2(C)C(=O)CC[C@H]2[C@@H]2C(CCCCCCCCCO)CC3=CC(=O)CC[C@@H]3[C@@H]12. The van der Waals surface area contributed by atoms with E-state index in [1.807, 2.05) is 6.08 Å². The minimum Gasteiger partial charge on any atom is -0.462 e. The highest BCUT2D eigenvalue weighted by atomic mass is 16.5. The minimum absolute atomic E-state index is 0.221. The van der Waals surface area contributed by atoms with E-state index in [2.05, 4.69) is 6.92 Å². The van der Waals surface area contributed by atoms with Gasteiger partial charge >= 0.3 is 5.97 Å². The Hall–Kier alpha value is -1.49. The number of carbonyl (C=O) groups is 3. The van der Waals surface area contributed by atoms with Crippen molar-refractivity contribution in [2.24, 2.45) is 35.0 Å². The third-order valence-electron chi connectivity index (χ3n) is 9.68. The molecule has 190 valence electrons. The normalized spacial score (nSPS) is 37.0. The predicted molar refractivity (Wildman–Crippen MR) is 131 cm³/mol. The third-order valence-corrected chi connectivity index (χ3v) is 9.68. The van der Waals surface area contributed by atoms with Crippen molar-refractivity contribution >= 4 is 17.5 Å². The quantitative estimate of drug-likeness (QED) is 0.332. The van der Waals surface area contributed by atoms with Gasteiger partial charge in [-0.25, -0.2) is 0 Å². The molecule has 2 unspecified atom stereocenters. The van der Waals surface area contributed by atoms with Crippen LogP contribution in [0.4, 0.5) is 0 Å². The number of aliphatic hydroxyl groups excluding tert-OH is 1. The van der Waals surface area contributed by atoms with Gasteiger partial charge < -0.3 is 9.84 Å². The van der Waals surface area contributed by atoms with Gasteiger partial charge in [0.05, 0.1) is 0 Å². The Morgan fingerprint density at radius 1 is 1.03 bits per heavy atom. The summed E-state index contributed by atoms with van der Waals surface area (Å²) in [7, 11) is 0. The summed E-state index contributed by atoms with van der Waals surface area (Å²) in [6.07, 6.45) is 15.6. The smallest absolute Gasteiger partial charge is 0.302 e. The molecule has 3 fully saturated rings. The lowest BCUT2D eigenvalue weighted by atomic mass is 9.48. The monoisotopic (exact) mass is 472 g/mol. The van der Waals surface area contributed by atoms with Crippen LogP contribution in [-0.4, -0.2) is 35.4 Å². The maximum atomic E-state index is 13.1. The number of carbonyl (C=O) groups excluding carboxylic acids is 3. The summed E-state index contributed by atoms with van der Waals surface area (Å²) in [5.74, 6) is 2.13. The second-order valence-electron chi connectivity index (χ2n) is 11.8. The van der Waals surface area contributed by atoms with Crippen molar-refractivity contribution in [3.05, 3.63) is 11.6 Å². The molecule has 5 heteroatoms. The van der Waals surface area contributed by atoms with Crippen LogP contribution >= 0.6 is 0 Å². The zero-order valence-electron chi connectivity index (χ0n) is 21.2. The zero-order valence-corrected chi connectivity index (χ0v) is 21.2. The Bertz CT molecular complexity index is 800. The molecule has 5 nitrogen and oxygen atoms in total. The van der Waals surface area contributed by atoms with Crippen molar-refractivity contribution in [3.8, 4) is 0 Å². The number of allylic oxidation sites excluding steroid dienone is 1. The molecule has 7 atom stereocenters. The highest BCUT2D eigenvalue weighted by Crippen LogP contribution is 2.63. The minimum atomic E-state index is -0.377. The maximum absolute atomic E-state index is 13.1.